The lowest BCUT2D eigenvalue weighted by Gasteiger charge is -2.28. The van der Waals surface area contributed by atoms with Crippen LogP contribution in [0.2, 0.25) is 0 Å². The summed E-state index contributed by atoms with van der Waals surface area (Å²) >= 11 is 0. The molecule has 6 heteroatoms. The van der Waals surface area contributed by atoms with Crippen molar-refractivity contribution in [3.8, 4) is 0 Å². The minimum absolute atomic E-state index is 0.0837. The number of nitro groups is 1. The molecule has 1 aliphatic rings. The molecule has 0 saturated carbocycles. The number of nitrogens with zero attached hydrogens (tertiary/aromatic N) is 1. The van der Waals surface area contributed by atoms with Crippen LogP contribution >= 0.6 is 0 Å². The van der Waals surface area contributed by atoms with E-state index >= 15 is 0 Å². The quantitative estimate of drug-likeness (QED) is 0.656. The molecule has 6 nitrogen and oxygen atoms in total. The predicted octanol–water partition coefficient (Wildman–Crippen LogP) is 2.98. The monoisotopic (exact) mass is 311 g/mol. The molecular weight excluding hydrogens is 294 g/mol. The lowest BCUT2D eigenvalue weighted by Crippen LogP contribution is -2.49. The number of benzene rings is 2. The number of hydrogen-bond donors (Lipinski definition) is 2. The molecule has 2 N–H and O–H groups in total. The van der Waals surface area contributed by atoms with Crippen LogP contribution in [-0.4, -0.2) is 4.92 Å². The first-order valence-corrected chi connectivity index (χ1v) is 7.26. The molecule has 1 heterocycles. The average Bonchev–Trinajstić information content (AvgIpc) is 2.96. The Bertz CT molecular complexity index is 746. The number of nitrogens with one attached hydrogen (secondary N) is 2. The number of allylic oxidation sites excluding steroid dienone is 1. The van der Waals surface area contributed by atoms with Gasteiger partial charge in [-0.1, -0.05) is 42.5 Å². The van der Waals surface area contributed by atoms with Gasteiger partial charge in [0.1, 0.15) is 5.76 Å². The van der Waals surface area contributed by atoms with E-state index in [0.29, 0.717) is 6.54 Å². The molecule has 1 atom stereocenters. The molecule has 0 amide bonds. The van der Waals surface area contributed by atoms with Gasteiger partial charge in [0.25, 0.3) is 5.69 Å². The summed E-state index contributed by atoms with van der Waals surface area (Å²) < 4.78 is 0. The van der Waals surface area contributed by atoms with Crippen LogP contribution in [0.3, 0.4) is 0 Å². The van der Waals surface area contributed by atoms with Crippen LogP contribution in [0.4, 0.5) is 5.69 Å². The molecule has 0 fully saturated rings. The topological polar surface area (TPSA) is 76.4 Å². The molecule has 1 unspecified atom stereocenters. The molecule has 23 heavy (non-hydrogen) atoms. The van der Waals surface area contributed by atoms with Crippen molar-refractivity contribution in [3.63, 3.8) is 0 Å². The van der Waals surface area contributed by atoms with E-state index < -0.39 is 10.6 Å². The van der Waals surface area contributed by atoms with Crippen molar-refractivity contribution in [1.82, 2.24) is 10.8 Å². The lowest BCUT2D eigenvalue weighted by molar-refractivity contribution is -0.384. The van der Waals surface area contributed by atoms with Crippen molar-refractivity contribution in [2.45, 2.75) is 19.1 Å². The van der Waals surface area contributed by atoms with Gasteiger partial charge < -0.3 is 4.84 Å². The number of nitro benzene ring substituents is 1. The van der Waals surface area contributed by atoms with E-state index in [1.54, 1.807) is 12.1 Å². The van der Waals surface area contributed by atoms with Crippen molar-refractivity contribution in [3.05, 3.63) is 87.7 Å². The van der Waals surface area contributed by atoms with Crippen molar-refractivity contribution >= 4 is 5.69 Å². The fraction of sp³-hybridized carbons (Fsp3) is 0.176. The summed E-state index contributed by atoms with van der Waals surface area (Å²) in [4.78, 5) is 15.9. The Balaban J connectivity index is 1.84. The van der Waals surface area contributed by atoms with Crippen molar-refractivity contribution in [2.24, 2.45) is 0 Å². The van der Waals surface area contributed by atoms with Gasteiger partial charge in [-0.15, -0.1) is 5.48 Å². The summed E-state index contributed by atoms with van der Waals surface area (Å²) in [7, 11) is 0. The molecule has 0 bridgehead atoms. The van der Waals surface area contributed by atoms with E-state index in [-0.39, 0.29) is 5.69 Å². The highest BCUT2D eigenvalue weighted by Crippen LogP contribution is 2.27. The number of non-ortho nitro benzene ring substituents is 1. The van der Waals surface area contributed by atoms with Gasteiger partial charge in [-0.25, -0.2) is 0 Å². The van der Waals surface area contributed by atoms with Crippen molar-refractivity contribution < 1.29 is 9.76 Å². The summed E-state index contributed by atoms with van der Waals surface area (Å²) in [5.74, 6) is 0.764. The molecule has 0 radical (unpaired) electrons. The molecule has 118 valence electrons. The second kappa shape index (κ2) is 6.20. The zero-order chi connectivity index (χ0) is 16.3. The molecular formula is C17H17N3O3. The Labute approximate surface area is 133 Å². The van der Waals surface area contributed by atoms with E-state index in [9.17, 15) is 10.1 Å². The highest BCUT2D eigenvalue weighted by atomic mass is 16.7. The zero-order valence-corrected chi connectivity index (χ0v) is 12.7. The largest absolute Gasteiger partial charge is 0.411 e. The van der Waals surface area contributed by atoms with Gasteiger partial charge in [0.05, 0.1) is 4.92 Å². The maximum Gasteiger partial charge on any atom is 0.269 e. The lowest BCUT2D eigenvalue weighted by atomic mass is 9.99. The summed E-state index contributed by atoms with van der Waals surface area (Å²) in [6.07, 6.45) is 1.96. The molecule has 0 spiro atoms. The summed E-state index contributed by atoms with van der Waals surface area (Å²) in [6.45, 7) is 2.32. The zero-order valence-electron chi connectivity index (χ0n) is 12.7. The van der Waals surface area contributed by atoms with Crippen LogP contribution in [0.15, 0.2) is 66.4 Å². The number of hydrogen-bond acceptors (Lipinski definition) is 5. The van der Waals surface area contributed by atoms with Gasteiger partial charge in [-0.2, -0.15) is 0 Å². The first-order valence-electron chi connectivity index (χ1n) is 7.26. The molecule has 0 aliphatic carbocycles. The minimum atomic E-state index is -0.657. The molecule has 0 saturated heterocycles. The standard InChI is InChI=1S/C17H17N3O3/c1-13-11-17(19-23-13,15-7-3-2-4-8-15)18-12-14-6-5-9-16(10-14)20(21)22/h2-11,18-19H,12H2,1H3. The van der Waals surface area contributed by atoms with Crippen LogP contribution in [-0.2, 0) is 17.0 Å². The molecule has 2 aromatic rings. The van der Waals surface area contributed by atoms with E-state index in [0.717, 1.165) is 16.9 Å². The van der Waals surface area contributed by atoms with Gasteiger partial charge in [0.2, 0.25) is 0 Å². The van der Waals surface area contributed by atoms with Crippen LogP contribution in [0, 0.1) is 10.1 Å². The SMILES string of the molecule is CC1=CC(NCc2cccc([N+](=O)[O-])c2)(c2ccccc2)NO1. The Morgan fingerprint density at radius 1 is 1.22 bits per heavy atom. The third-order valence-electron chi connectivity index (χ3n) is 3.71. The fourth-order valence-corrected chi connectivity index (χ4v) is 2.58. The second-order valence-electron chi connectivity index (χ2n) is 5.41. The van der Waals surface area contributed by atoms with Gasteiger partial charge in [-0.3, -0.25) is 15.4 Å². The Morgan fingerprint density at radius 2 is 2.00 bits per heavy atom. The van der Waals surface area contributed by atoms with Crippen LogP contribution in [0.25, 0.3) is 0 Å². The maximum absolute atomic E-state index is 10.9. The van der Waals surface area contributed by atoms with Crippen LogP contribution in [0.5, 0.6) is 0 Å². The second-order valence-corrected chi connectivity index (χ2v) is 5.41. The van der Waals surface area contributed by atoms with Gasteiger partial charge in [0, 0.05) is 18.7 Å². The Kier molecular flexibility index (Phi) is 4.10. The predicted molar refractivity (Wildman–Crippen MR) is 86.0 cm³/mol. The van der Waals surface area contributed by atoms with Crippen molar-refractivity contribution in [2.75, 3.05) is 0 Å². The first-order chi connectivity index (χ1) is 11.1. The maximum atomic E-state index is 10.9. The van der Waals surface area contributed by atoms with Crippen molar-refractivity contribution in [1.29, 1.82) is 0 Å². The van der Waals surface area contributed by atoms with Crippen LogP contribution < -0.4 is 10.8 Å². The van der Waals surface area contributed by atoms with E-state index in [2.05, 4.69) is 10.8 Å². The molecule has 2 aromatic carbocycles. The third kappa shape index (κ3) is 3.23. The average molecular weight is 311 g/mol. The van der Waals surface area contributed by atoms with E-state index in [4.69, 9.17) is 4.84 Å². The van der Waals surface area contributed by atoms with Crippen LogP contribution in [0.1, 0.15) is 18.1 Å². The Morgan fingerprint density at radius 3 is 2.65 bits per heavy atom. The third-order valence-corrected chi connectivity index (χ3v) is 3.71. The van der Waals surface area contributed by atoms with Gasteiger partial charge >= 0.3 is 0 Å². The number of hydroxylamine groups is 1. The molecule has 0 aromatic heterocycles. The molecule has 3 rings (SSSR count). The molecule has 1 aliphatic heterocycles. The number of rotatable bonds is 5. The first kappa shape index (κ1) is 15.2. The highest BCUT2D eigenvalue weighted by molar-refractivity contribution is 5.35. The minimum Gasteiger partial charge on any atom is -0.411 e. The van der Waals surface area contributed by atoms with E-state index in [1.807, 2.05) is 49.4 Å². The Hall–Kier alpha value is -2.70. The summed E-state index contributed by atoms with van der Waals surface area (Å²) in [5.41, 5.74) is 4.26. The van der Waals surface area contributed by atoms with E-state index in [1.165, 1.54) is 6.07 Å². The summed E-state index contributed by atoms with van der Waals surface area (Å²) in [5, 5.41) is 14.3. The fourth-order valence-electron chi connectivity index (χ4n) is 2.58. The highest BCUT2D eigenvalue weighted by Gasteiger charge is 2.35. The summed E-state index contributed by atoms with van der Waals surface area (Å²) in [6, 6.07) is 16.4. The normalized spacial score (nSPS) is 20.0. The smallest absolute Gasteiger partial charge is 0.269 e. The van der Waals surface area contributed by atoms with Gasteiger partial charge in [-0.05, 0) is 24.1 Å². The van der Waals surface area contributed by atoms with Gasteiger partial charge in [0.15, 0.2) is 5.66 Å².